The first-order valence-corrected chi connectivity index (χ1v) is 14.1. The van der Waals surface area contributed by atoms with Crippen molar-refractivity contribution in [1.82, 2.24) is 10.2 Å². The first-order valence-electron chi connectivity index (χ1n) is 11.9. The Morgan fingerprint density at radius 2 is 1.65 bits per heavy atom. The Hall–Kier alpha value is -2.98. The Morgan fingerprint density at radius 3 is 2.16 bits per heavy atom. The zero-order chi connectivity index (χ0) is 27.8. The lowest BCUT2D eigenvalue weighted by Gasteiger charge is -2.33. The van der Waals surface area contributed by atoms with Crippen molar-refractivity contribution in [2.45, 2.75) is 39.8 Å². The van der Waals surface area contributed by atoms with E-state index in [1.165, 1.54) is 31.3 Å². The van der Waals surface area contributed by atoms with Crippen molar-refractivity contribution in [3.05, 3.63) is 53.1 Å². The molecule has 1 unspecified atom stereocenters. The summed E-state index contributed by atoms with van der Waals surface area (Å²) in [5.41, 5.74) is 0.988. The number of methoxy groups -OCH3 is 2. The van der Waals surface area contributed by atoms with Crippen LogP contribution in [0, 0.1) is 5.92 Å². The largest absolute Gasteiger partial charge is 0.493 e. The number of amides is 2. The highest BCUT2D eigenvalue weighted by atomic mass is 35.5. The molecular weight excluding hydrogens is 518 g/mol. The Labute approximate surface area is 224 Å². The molecule has 2 aromatic carbocycles. The summed E-state index contributed by atoms with van der Waals surface area (Å²) >= 11 is 6.02. The average molecular weight is 554 g/mol. The molecule has 9 nitrogen and oxygen atoms in total. The van der Waals surface area contributed by atoms with E-state index in [9.17, 15) is 18.0 Å². The highest BCUT2D eigenvalue weighted by Gasteiger charge is 2.32. The normalized spacial score (nSPS) is 12.1. The molecule has 0 fully saturated rings. The number of rotatable bonds is 13. The van der Waals surface area contributed by atoms with Crippen molar-refractivity contribution in [1.29, 1.82) is 0 Å². The molecule has 0 spiro atoms. The first kappa shape index (κ1) is 30.2. The quantitative estimate of drug-likeness (QED) is 0.405. The molecule has 0 heterocycles. The monoisotopic (exact) mass is 553 g/mol. The highest BCUT2D eigenvalue weighted by Crippen LogP contribution is 2.32. The number of carbonyl (C=O) groups excluding carboxylic acids is 2. The summed E-state index contributed by atoms with van der Waals surface area (Å²) < 4.78 is 37.1. The van der Waals surface area contributed by atoms with E-state index in [-0.39, 0.29) is 24.1 Å². The molecule has 0 aliphatic rings. The van der Waals surface area contributed by atoms with Crippen LogP contribution < -0.4 is 19.1 Å². The minimum atomic E-state index is -3.87. The Bertz CT molecular complexity index is 1170. The third-order valence-corrected chi connectivity index (χ3v) is 7.06. The number of hydrogen-bond donors (Lipinski definition) is 1. The lowest BCUT2D eigenvalue weighted by Crippen LogP contribution is -2.52. The molecule has 204 valence electrons. The van der Waals surface area contributed by atoms with Crippen LogP contribution in [0.2, 0.25) is 5.02 Å². The Kier molecular flexibility index (Phi) is 11.1. The van der Waals surface area contributed by atoms with E-state index in [0.29, 0.717) is 29.5 Å². The molecule has 0 aliphatic heterocycles. The van der Waals surface area contributed by atoms with Crippen molar-refractivity contribution in [2.24, 2.45) is 5.92 Å². The molecule has 1 N–H and O–H groups in total. The van der Waals surface area contributed by atoms with Crippen LogP contribution in [0.15, 0.2) is 42.5 Å². The van der Waals surface area contributed by atoms with Gasteiger partial charge in [-0.25, -0.2) is 8.42 Å². The molecule has 0 saturated carbocycles. The van der Waals surface area contributed by atoms with E-state index in [1.807, 2.05) is 20.8 Å². The number of anilines is 1. The van der Waals surface area contributed by atoms with Crippen molar-refractivity contribution in [2.75, 3.05) is 37.9 Å². The number of hydrogen-bond acceptors (Lipinski definition) is 6. The second-order valence-electron chi connectivity index (χ2n) is 9.02. The van der Waals surface area contributed by atoms with Crippen molar-refractivity contribution >= 4 is 39.1 Å². The molecule has 11 heteroatoms. The summed E-state index contributed by atoms with van der Waals surface area (Å²) in [5.74, 6) is 0.145. The van der Waals surface area contributed by atoms with E-state index in [1.54, 1.807) is 30.3 Å². The van der Waals surface area contributed by atoms with Gasteiger partial charge in [0.05, 0.1) is 26.2 Å². The van der Waals surface area contributed by atoms with Crippen LogP contribution in [-0.4, -0.2) is 64.7 Å². The molecule has 1 atom stereocenters. The summed E-state index contributed by atoms with van der Waals surface area (Å²) in [7, 11) is -0.963. The van der Waals surface area contributed by atoms with Gasteiger partial charge in [0.1, 0.15) is 12.6 Å². The number of nitrogens with one attached hydrogen (secondary N) is 1. The predicted molar refractivity (Wildman–Crippen MR) is 146 cm³/mol. The van der Waals surface area contributed by atoms with Gasteiger partial charge < -0.3 is 19.7 Å². The van der Waals surface area contributed by atoms with E-state index in [0.717, 1.165) is 16.1 Å². The summed E-state index contributed by atoms with van der Waals surface area (Å²) in [4.78, 5) is 28.2. The number of benzene rings is 2. The van der Waals surface area contributed by atoms with Crippen LogP contribution in [0.3, 0.4) is 0 Å². The summed E-state index contributed by atoms with van der Waals surface area (Å²) in [5, 5.41) is 3.43. The number of ether oxygens (including phenoxy) is 2. The lowest BCUT2D eigenvalue weighted by molar-refractivity contribution is -0.140. The third kappa shape index (κ3) is 8.53. The van der Waals surface area contributed by atoms with Crippen LogP contribution in [0.4, 0.5) is 5.69 Å². The standard InChI is InChI=1S/C26H36ClN3O6S/c1-7-22(26(32)28-15-18(2)3)29(16-19-8-10-20(27)11-9-19)25(31)17-30(37(6,33)34)21-12-13-23(35-4)24(14-21)36-5/h8-14,18,22H,7,15-17H2,1-6H3,(H,28,32). The van der Waals surface area contributed by atoms with E-state index < -0.39 is 28.5 Å². The lowest BCUT2D eigenvalue weighted by atomic mass is 10.1. The fourth-order valence-corrected chi connectivity index (χ4v) is 4.69. The number of halogens is 1. The fraction of sp³-hybridized carbons (Fsp3) is 0.462. The summed E-state index contributed by atoms with van der Waals surface area (Å²) in [6.07, 6.45) is 1.37. The van der Waals surface area contributed by atoms with Gasteiger partial charge in [0, 0.05) is 24.2 Å². The van der Waals surface area contributed by atoms with Gasteiger partial charge >= 0.3 is 0 Å². The molecule has 0 bridgehead atoms. The minimum absolute atomic E-state index is 0.104. The molecular formula is C26H36ClN3O6S. The van der Waals surface area contributed by atoms with Crippen molar-refractivity contribution in [3.8, 4) is 11.5 Å². The topological polar surface area (TPSA) is 105 Å². The van der Waals surface area contributed by atoms with Crippen LogP contribution >= 0.6 is 11.6 Å². The van der Waals surface area contributed by atoms with Gasteiger partial charge in [0.2, 0.25) is 21.8 Å². The van der Waals surface area contributed by atoms with Crippen molar-refractivity contribution in [3.63, 3.8) is 0 Å². The second kappa shape index (κ2) is 13.5. The van der Waals surface area contributed by atoms with E-state index >= 15 is 0 Å². The van der Waals surface area contributed by atoms with Gasteiger partial charge in [-0.15, -0.1) is 0 Å². The molecule has 2 rings (SSSR count). The minimum Gasteiger partial charge on any atom is -0.493 e. The number of nitrogens with zero attached hydrogens (tertiary/aromatic N) is 2. The zero-order valence-corrected chi connectivity index (χ0v) is 23.7. The maximum absolute atomic E-state index is 13.7. The van der Waals surface area contributed by atoms with Crippen LogP contribution in [0.1, 0.15) is 32.8 Å². The van der Waals surface area contributed by atoms with Gasteiger partial charge in [-0.2, -0.15) is 0 Å². The SMILES string of the molecule is CCC(C(=O)NCC(C)C)N(Cc1ccc(Cl)cc1)C(=O)CN(c1ccc(OC)c(OC)c1)S(C)(=O)=O. The maximum Gasteiger partial charge on any atom is 0.244 e. The third-order valence-electron chi connectivity index (χ3n) is 5.67. The van der Waals surface area contributed by atoms with Gasteiger partial charge in [0.25, 0.3) is 0 Å². The average Bonchev–Trinajstić information content (AvgIpc) is 2.85. The summed E-state index contributed by atoms with van der Waals surface area (Å²) in [6, 6.07) is 10.7. The molecule has 0 radical (unpaired) electrons. The van der Waals surface area contributed by atoms with Crippen LogP contribution in [0.5, 0.6) is 11.5 Å². The zero-order valence-electron chi connectivity index (χ0n) is 22.2. The Balaban J connectivity index is 2.46. The molecule has 37 heavy (non-hydrogen) atoms. The fourth-order valence-electron chi connectivity index (χ4n) is 3.72. The predicted octanol–water partition coefficient (Wildman–Crippen LogP) is 3.70. The molecule has 2 amide bonds. The van der Waals surface area contributed by atoms with E-state index in [4.69, 9.17) is 21.1 Å². The van der Waals surface area contributed by atoms with Crippen LogP contribution in [-0.2, 0) is 26.2 Å². The molecule has 2 aromatic rings. The number of sulfonamides is 1. The summed E-state index contributed by atoms with van der Waals surface area (Å²) in [6.45, 7) is 5.82. The van der Waals surface area contributed by atoms with Gasteiger partial charge in [0.15, 0.2) is 11.5 Å². The van der Waals surface area contributed by atoms with Gasteiger partial charge in [-0.1, -0.05) is 44.5 Å². The highest BCUT2D eigenvalue weighted by molar-refractivity contribution is 7.92. The van der Waals surface area contributed by atoms with E-state index in [2.05, 4.69) is 5.32 Å². The second-order valence-corrected chi connectivity index (χ2v) is 11.4. The van der Waals surface area contributed by atoms with Crippen molar-refractivity contribution < 1.29 is 27.5 Å². The molecule has 0 saturated heterocycles. The first-order chi connectivity index (χ1) is 17.4. The number of carbonyl (C=O) groups is 2. The maximum atomic E-state index is 13.7. The molecule has 0 aliphatic carbocycles. The van der Waals surface area contributed by atoms with Crippen LogP contribution in [0.25, 0.3) is 0 Å². The van der Waals surface area contributed by atoms with Gasteiger partial charge in [-0.3, -0.25) is 13.9 Å². The van der Waals surface area contributed by atoms with Gasteiger partial charge in [-0.05, 0) is 42.2 Å². The molecule has 0 aromatic heterocycles. The Morgan fingerprint density at radius 1 is 1.03 bits per heavy atom. The smallest absolute Gasteiger partial charge is 0.244 e.